The Hall–Kier alpha value is -1.84. The third-order valence-corrected chi connectivity index (χ3v) is 3.77. The Balaban J connectivity index is 1.56. The minimum Gasteiger partial charge on any atom is -0.353 e. The number of carbonyl (C=O) groups is 2. The predicted octanol–water partition coefficient (Wildman–Crippen LogP) is 1.86. The van der Waals surface area contributed by atoms with Crippen LogP contribution in [-0.2, 0) is 16.0 Å². The van der Waals surface area contributed by atoms with Gasteiger partial charge in [-0.2, -0.15) is 0 Å². The van der Waals surface area contributed by atoms with Gasteiger partial charge in [-0.1, -0.05) is 18.2 Å². The van der Waals surface area contributed by atoms with Gasteiger partial charge in [0.25, 0.3) is 0 Å². The molecule has 1 aromatic carbocycles. The van der Waals surface area contributed by atoms with Crippen molar-refractivity contribution < 1.29 is 9.59 Å². The second kappa shape index (κ2) is 5.03. The lowest BCUT2D eigenvalue weighted by Crippen LogP contribution is -2.32. The van der Waals surface area contributed by atoms with Gasteiger partial charge in [0.1, 0.15) is 0 Å². The number of rotatable bonds is 4. The van der Waals surface area contributed by atoms with E-state index in [2.05, 4.69) is 10.6 Å². The minimum absolute atomic E-state index is 0.0397. The summed E-state index contributed by atoms with van der Waals surface area (Å²) in [4.78, 5) is 23.6. The smallest absolute Gasteiger partial charge is 0.227 e. The summed E-state index contributed by atoms with van der Waals surface area (Å²) in [6, 6.07) is 8.25. The SMILES string of the molecule is O=C(CC[C@H]1Cc2ccccc2NC1=O)NC1CC1. The normalized spacial score (nSPS) is 21.5. The summed E-state index contributed by atoms with van der Waals surface area (Å²) in [5.41, 5.74) is 2.07. The van der Waals surface area contributed by atoms with Crippen LogP contribution in [0.1, 0.15) is 31.2 Å². The molecule has 1 atom stereocenters. The molecule has 0 unspecified atom stereocenters. The van der Waals surface area contributed by atoms with Gasteiger partial charge in [0, 0.05) is 24.1 Å². The zero-order valence-corrected chi connectivity index (χ0v) is 10.8. The van der Waals surface area contributed by atoms with Crippen molar-refractivity contribution in [3.05, 3.63) is 29.8 Å². The van der Waals surface area contributed by atoms with Crippen LogP contribution >= 0.6 is 0 Å². The number of nitrogens with one attached hydrogen (secondary N) is 2. The minimum atomic E-state index is -0.0835. The lowest BCUT2D eigenvalue weighted by molar-refractivity contribution is -0.122. The Morgan fingerprint density at radius 3 is 2.89 bits per heavy atom. The fraction of sp³-hybridized carbons (Fsp3) is 0.467. The molecule has 2 aliphatic rings. The molecule has 1 heterocycles. The van der Waals surface area contributed by atoms with Gasteiger partial charge >= 0.3 is 0 Å². The van der Waals surface area contributed by atoms with E-state index in [1.54, 1.807) is 0 Å². The molecule has 1 fully saturated rings. The maximum atomic E-state index is 12.0. The van der Waals surface area contributed by atoms with Crippen molar-refractivity contribution in [3.8, 4) is 0 Å². The van der Waals surface area contributed by atoms with E-state index < -0.39 is 0 Å². The Morgan fingerprint density at radius 2 is 2.11 bits per heavy atom. The van der Waals surface area contributed by atoms with Crippen LogP contribution in [0.15, 0.2) is 24.3 Å². The highest BCUT2D eigenvalue weighted by atomic mass is 16.2. The first kappa shape index (κ1) is 12.2. The molecule has 100 valence electrons. The van der Waals surface area contributed by atoms with E-state index in [1.165, 1.54) is 0 Å². The van der Waals surface area contributed by atoms with Crippen LogP contribution in [0.2, 0.25) is 0 Å². The van der Waals surface area contributed by atoms with E-state index >= 15 is 0 Å². The lowest BCUT2D eigenvalue weighted by atomic mass is 9.89. The van der Waals surface area contributed by atoms with Crippen LogP contribution in [0.5, 0.6) is 0 Å². The average Bonchev–Trinajstić information content (AvgIpc) is 3.20. The first-order valence-corrected chi connectivity index (χ1v) is 6.90. The van der Waals surface area contributed by atoms with E-state index in [1.807, 2.05) is 24.3 Å². The zero-order chi connectivity index (χ0) is 13.2. The van der Waals surface area contributed by atoms with Crippen LogP contribution in [-0.4, -0.2) is 17.9 Å². The maximum Gasteiger partial charge on any atom is 0.227 e. The average molecular weight is 258 g/mol. The third kappa shape index (κ3) is 2.95. The van der Waals surface area contributed by atoms with E-state index in [0.717, 1.165) is 30.5 Å². The van der Waals surface area contributed by atoms with E-state index in [4.69, 9.17) is 0 Å². The maximum absolute atomic E-state index is 12.0. The molecule has 19 heavy (non-hydrogen) atoms. The first-order chi connectivity index (χ1) is 9.22. The number of fused-ring (bicyclic) bond motifs is 1. The summed E-state index contributed by atoms with van der Waals surface area (Å²) in [5, 5.41) is 5.87. The molecule has 0 radical (unpaired) electrons. The highest BCUT2D eigenvalue weighted by molar-refractivity contribution is 5.96. The van der Waals surface area contributed by atoms with Gasteiger partial charge < -0.3 is 10.6 Å². The Morgan fingerprint density at radius 1 is 1.32 bits per heavy atom. The van der Waals surface area contributed by atoms with Crippen molar-refractivity contribution in [3.63, 3.8) is 0 Å². The zero-order valence-electron chi connectivity index (χ0n) is 10.8. The van der Waals surface area contributed by atoms with Gasteiger partial charge in [-0.15, -0.1) is 0 Å². The van der Waals surface area contributed by atoms with Crippen molar-refractivity contribution in [2.24, 2.45) is 5.92 Å². The summed E-state index contributed by atoms with van der Waals surface area (Å²) < 4.78 is 0. The molecule has 1 aromatic rings. The van der Waals surface area contributed by atoms with Crippen molar-refractivity contribution in [2.45, 2.75) is 38.1 Å². The summed E-state index contributed by atoms with van der Waals surface area (Å²) in [6.07, 6.45) is 4.00. The number of para-hydroxylation sites is 1. The number of amides is 2. The molecule has 1 saturated carbocycles. The molecule has 4 heteroatoms. The van der Waals surface area contributed by atoms with E-state index in [-0.39, 0.29) is 17.7 Å². The Kier molecular flexibility index (Phi) is 3.23. The van der Waals surface area contributed by atoms with Gasteiger partial charge in [-0.05, 0) is 37.3 Å². The third-order valence-electron chi connectivity index (χ3n) is 3.77. The molecule has 2 amide bonds. The number of anilines is 1. The largest absolute Gasteiger partial charge is 0.353 e. The monoisotopic (exact) mass is 258 g/mol. The molecule has 4 nitrogen and oxygen atoms in total. The molecule has 0 saturated heterocycles. The molecule has 1 aliphatic heterocycles. The van der Waals surface area contributed by atoms with Crippen molar-refractivity contribution in [2.75, 3.05) is 5.32 Å². The second-order valence-corrected chi connectivity index (χ2v) is 5.43. The summed E-state index contributed by atoms with van der Waals surface area (Å²) in [5.74, 6) is 0.0342. The number of hydrogen-bond acceptors (Lipinski definition) is 2. The predicted molar refractivity (Wildman–Crippen MR) is 72.7 cm³/mol. The molecule has 0 bridgehead atoms. The Bertz CT molecular complexity index is 509. The van der Waals surface area contributed by atoms with Crippen molar-refractivity contribution in [1.82, 2.24) is 5.32 Å². The van der Waals surface area contributed by atoms with Gasteiger partial charge in [0.15, 0.2) is 0 Å². The van der Waals surface area contributed by atoms with E-state index in [0.29, 0.717) is 18.9 Å². The summed E-state index contributed by atoms with van der Waals surface area (Å²) in [7, 11) is 0. The van der Waals surface area contributed by atoms with Crippen molar-refractivity contribution in [1.29, 1.82) is 0 Å². The molecule has 2 N–H and O–H groups in total. The van der Waals surface area contributed by atoms with Gasteiger partial charge in [-0.3, -0.25) is 9.59 Å². The topological polar surface area (TPSA) is 58.2 Å². The van der Waals surface area contributed by atoms with Crippen molar-refractivity contribution >= 4 is 17.5 Å². The molecular formula is C15H18N2O2. The van der Waals surface area contributed by atoms with Gasteiger partial charge in [0.2, 0.25) is 11.8 Å². The fourth-order valence-electron chi connectivity index (χ4n) is 2.48. The highest BCUT2D eigenvalue weighted by Gasteiger charge is 2.27. The molecule has 3 rings (SSSR count). The lowest BCUT2D eigenvalue weighted by Gasteiger charge is -2.24. The molecule has 0 aromatic heterocycles. The quantitative estimate of drug-likeness (QED) is 0.866. The number of benzene rings is 1. The summed E-state index contributed by atoms with van der Waals surface area (Å²) >= 11 is 0. The fourth-order valence-corrected chi connectivity index (χ4v) is 2.48. The van der Waals surface area contributed by atoms with E-state index in [9.17, 15) is 9.59 Å². The van der Waals surface area contributed by atoms with Gasteiger partial charge in [-0.25, -0.2) is 0 Å². The van der Waals surface area contributed by atoms with Crippen LogP contribution < -0.4 is 10.6 Å². The number of hydrogen-bond donors (Lipinski definition) is 2. The van der Waals surface area contributed by atoms with Gasteiger partial charge in [0.05, 0.1) is 0 Å². The molecule has 0 spiro atoms. The first-order valence-electron chi connectivity index (χ1n) is 6.90. The molecule has 1 aliphatic carbocycles. The van der Waals surface area contributed by atoms with Crippen LogP contribution in [0, 0.1) is 5.92 Å². The van der Waals surface area contributed by atoms with Crippen LogP contribution in [0.25, 0.3) is 0 Å². The highest BCUT2D eigenvalue weighted by Crippen LogP contribution is 2.27. The summed E-state index contributed by atoms with van der Waals surface area (Å²) in [6.45, 7) is 0. The second-order valence-electron chi connectivity index (χ2n) is 5.43. The number of carbonyl (C=O) groups excluding carboxylic acids is 2. The van der Waals surface area contributed by atoms with Crippen LogP contribution in [0.4, 0.5) is 5.69 Å². The van der Waals surface area contributed by atoms with Crippen LogP contribution in [0.3, 0.4) is 0 Å². The Labute approximate surface area is 112 Å². The molecular weight excluding hydrogens is 240 g/mol. The standard InChI is InChI=1S/C15H18N2O2/c18-14(16-12-6-7-12)8-5-11-9-10-3-1-2-4-13(10)17-15(11)19/h1-4,11-12H,5-9H2,(H,16,18)(H,17,19)/t11-/m0/s1.